The summed E-state index contributed by atoms with van der Waals surface area (Å²) in [5.74, 6) is 0.468. The standard InChI is InChI=1S/C12H20N2O2S/c1-4-7-10(5-2)14-12-11(17(3,15)16)8-6-9-13-12/h6,8-10H,4-5,7H2,1-3H3,(H,13,14). The topological polar surface area (TPSA) is 59.1 Å². The lowest BCUT2D eigenvalue weighted by molar-refractivity contribution is 0.598. The van der Waals surface area contributed by atoms with Gasteiger partial charge in [-0.15, -0.1) is 0 Å². The highest BCUT2D eigenvalue weighted by atomic mass is 32.2. The minimum atomic E-state index is -3.23. The number of rotatable bonds is 6. The van der Waals surface area contributed by atoms with Crippen LogP contribution in [0.5, 0.6) is 0 Å². The average molecular weight is 256 g/mol. The van der Waals surface area contributed by atoms with E-state index in [0.717, 1.165) is 19.3 Å². The molecular weight excluding hydrogens is 236 g/mol. The van der Waals surface area contributed by atoms with Crippen LogP contribution in [0.15, 0.2) is 23.2 Å². The van der Waals surface area contributed by atoms with Crippen LogP contribution >= 0.6 is 0 Å². The lowest BCUT2D eigenvalue weighted by Crippen LogP contribution is -2.20. The molecule has 1 aromatic rings. The first-order valence-corrected chi connectivity index (χ1v) is 7.79. The van der Waals surface area contributed by atoms with Gasteiger partial charge in [-0.25, -0.2) is 13.4 Å². The Morgan fingerprint density at radius 2 is 2.12 bits per heavy atom. The van der Waals surface area contributed by atoms with Gasteiger partial charge in [0.15, 0.2) is 9.84 Å². The molecule has 0 aliphatic rings. The smallest absolute Gasteiger partial charge is 0.179 e. The fourth-order valence-corrected chi connectivity index (χ4v) is 2.51. The maximum atomic E-state index is 11.6. The normalized spacial score (nSPS) is 13.4. The number of sulfone groups is 1. The predicted octanol–water partition coefficient (Wildman–Crippen LogP) is 2.48. The van der Waals surface area contributed by atoms with E-state index in [1.54, 1.807) is 18.3 Å². The molecular formula is C12H20N2O2S. The molecule has 5 heteroatoms. The number of anilines is 1. The summed E-state index contributed by atoms with van der Waals surface area (Å²) < 4.78 is 23.2. The number of nitrogens with one attached hydrogen (secondary N) is 1. The molecule has 4 nitrogen and oxygen atoms in total. The van der Waals surface area contributed by atoms with E-state index in [0.29, 0.717) is 5.82 Å². The highest BCUT2D eigenvalue weighted by molar-refractivity contribution is 7.90. The molecule has 0 saturated carbocycles. The van der Waals surface area contributed by atoms with Crippen LogP contribution in [-0.2, 0) is 9.84 Å². The Balaban J connectivity index is 2.98. The summed E-state index contributed by atoms with van der Waals surface area (Å²) >= 11 is 0. The number of aromatic nitrogens is 1. The van der Waals surface area contributed by atoms with Crippen LogP contribution in [0.25, 0.3) is 0 Å². The monoisotopic (exact) mass is 256 g/mol. The Bertz CT molecular complexity index is 457. The number of hydrogen-bond acceptors (Lipinski definition) is 4. The van der Waals surface area contributed by atoms with Gasteiger partial charge in [-0.1, -0.05) is 20.3 Å². The van der Waals surface area contributed by atoms with Crippen LogP contribution in [0.2, 0.25) is 0 Å². The van der Waals surface area contributed by atoms with Crippen molar-refractivity contribution in [1.82, 2.24) is 4.98 Å². The van der Waals surface area contributed by atoms with Crippen molar-refractivity contribution in [1.29, 1.82) is 0 Å². The van der Waals surface area contributed by atoms with E-state index in [9.17, 15) is 8.42 Å². The quantitative estimate of drug-likeness (QED) is 0.849. The molecule has 1 rings (SSSR count). The predicted molar refractivity (Wildman–Crippen MR) is 70.0 cm³/mol. The lowest BCUT2D eigenvalue weighted by atomic mass is 10.1. The maximum Gasteiger partial charge on any atom is 0.179 e. The van der Waals surface area contributed by atoms with Gasteiger partial charge in [0.2, 0.25) is 0 Å². The van der Waals surface area contributed by atoms with E-state index in [1.807, 2.05) is 0 Å². The molecule has 0 aliphatic carbocycles. The zero-order valence-electron chi connectivity index (χ0n) is 10.6. The molecule has 96 valence electrons. The fraction of sp³-hybridized carbons (Fsp3) is 0.583. The van der Waals surface area contributed by atoms with Gasteiger partial charge in [0.05, 0.1) is 0 Å². The molecule has 0 saturated heterocycles. The number of hydrogen-bond donors (Lipinski definition) is 1. The molecule has 0 amide bonds. The fourth-order valence-electron chi connectivity index (χ4n) is 1.72. The minimum Gasteiger partial charge on any atom is -0.366 e. The van der Waals surface area contributed by atoms with Gasteiger partial charge in [0.25, 0.3) is 0 Å². The summed E-state index contributed by atoms with van der Waals surface area (Å²) in [4.78, 5) is 4.40. The Morgan fingerprint density at radius 1 is 1.41 bits per heavy atom. The maximum absolute atomic E-state index is 11.6. The summed E-state index contributed by atoms with van der Waals surface area (Å²) in [5.41, 5.74) is 0. The summed E-state index contributed by atoms with van der Waals surface area (Å²) in [6, 6.07) is 3.50. The first kappa shape index (κ1) is 14.0. The Morgan fingerprint density at radius 3 is 2.65 bits per heavy atom. The van der Waals surface area contributed by atoms with Gasteiger partial charge in [0, 0.05) is 18.5 Å². The molecule has 0 radical (unpaired) electrons. The first-order chi connectivity index (χ1) is 7.99. The molecule has 0 aliphatic heterocycles. The van der Waals surface area contributed by atoms with Crippen molar-refractivity contribution in [2.45, 2.75) is 44.0 Å². The second kappa shape index (κ2) is 6.00. The Labute approximate surface area is 103 Å². The number of nitrogens with zero attached hydrogens (tertiary/aromatic N) is 1. The SMILES string of the molecule is CCCC(CC)Nc1ncccc1S(C)(=O)=O. The lowest BCUT2D eigenvalue weighted by Gasteiger charge is -2.18. The van der Waals surface area contributed by atoms with E-state index in [1.165, 1.54) is 6.26 Å². The van der Waals surface area contributed by atoms with Gasteiger partial charge in [-0.3, -0.25) is 0 Å². The van der Waals surface area contributed by atoms with Gasteiger partial charge >= 0.3 is 0 Å². The van der Waals surface area contributed by atoms with Crippen LogP contribution in [0.4, 0.5) is 5.82 Å². The molecule has 0 spiro atoms. The van der Waals surface area contributed by atoms with Crippen molar-refractivity contribution >= 4 is 15.7 Å². The summed E-state index contributed by atoms with van der Waals surface area (Å²) in [6.07, 6.45) is 5.84. The van der Waals surface area contributed by atoms with Crippen molar-refractivity contribution in [3.8, 4) is 0 Å². The van der Waals surface area contributed by atoms with Gasteiger partial charge < -0.3 is 5.32 Å². The first-order valence-electron chi connectivity index (χ1n) is 5.90. The molecule has 0 aromatic carbocycles. The van der Waals surface area contributed by atoms with Crippen molar-refractivity contribution in [3.63, 3.8) is 0 Å². The molecule has 1 unspecified atom stereocenters. The Hall–Kier alpha value is -1.10. The van der Waals surface area contributed by atoms with E-state index >= 15 is 0 Å². The zero-order chi connectivity index (χ0) is 12.9. The van der Waals surface area contributed by atoms with Gasteiger partial charge in [0.1, 0.15) is 10.7 Å². The van der Waals surface area contributed by atoms with Crippen LogP contribution in [-0.4, -0.2) is 25.7 Å². The van der Waals surface area contributed by atoms with Crippen molar-refractivity contribution in [2.75, 3.05) is 11.6 Å². The van der Waals surface area contributed by atoms with E-state index in [4.69, 9.17) is 0 Å². The summed E-state index contributed by atoms with van der Waals surface area (Å²) in [5, 5.41) is 3.21. The number of pyridine rings is 1. The second-order valence-electron chi connectivity index (χ2n) is 4.16. The summed E-state index contributed by atoms with van der Waals surface area (Å²) in [7, 11) is -3.23. The third-order valence-electron chi connectivity index (χ3n) is 2.64. The molecule has 1 atom stereocenters. The van der Waals surface area contributed by atoms with Crippen molar-refractivity contribution in [3.05, 3.63) is 18.3 Å². The largest absolute Gasteiger partial charge is 0.366 e. The van der Waals surface area contributed by atoms with Crippen molar-refractivity contribution < 1.29 is 8.42 Å². The minimum absolute atomic E-state index is 0.273. The van der Waals surface area contributed by atoms with Gasteiger partial charge in [-0.2, -0.15) is 0 Å². The third-order valence-corrected chi connectivity index (χ3v) is 3.77. The molecule has 1 N–H and O–H groups in total. The van der Waals surface area contributed by atoms with E-state index in [-0.39, 0.29) is 10.9 Å². The van der Waals surface area contributed by atoms with Crippen LogP contribution in [0, 0.1) is 0 Å². The van der Waals surface area contributed by atoms with Crippen LogP contribution in [0.3, 0.4) is 0 Å². The van der Waals surface area contributed by atoms with Crippen molar-refractivity contribution in [2.24, 2.45) is 0 Å². The molecule has 1 heterocycles. The molecule has 17 heavy (non-hydrogen) atoms. The van der Waals surface area contributed by atoms with E-state index in [2.05, 4.69) is 24.1 Å². The Kier molecular flexibility index (Phi) is 4.93. The molecule has 1 aromatic heterocycles. The van der Waals surface area contributed by atoms with E-state index < -0.39 is 9.84 Å². The second-order valence-corrected chi connectivity index (χ2v) is 6.14. The molecule has 0 fully saturated rings. The van der Waals surface area contributed by atoms with Crippen LogP contribution in [0.1, 0.15) is 33.1 Å². The average Bonchev–Trinajstić information content (AvgIpc) is 2.27. The van der Waals surface area contributed by atoms with Crippen LogP contribution < -0.4 is 5.32 Å². The summed E-state index contributed by atoms with van der Waals surface area (Å²) in [6.45, 7) is 4.19. The zero-order valence-corrected chi connectivity index (χ0v) is 11.4. The highest BCUT2D eigenvalue weighted by Gasteiger charge is 2.15. The highest BCUT2D eigenvalue weighted by Crippen LogP contribution is 2.20. The van der Waals surface area contributed by atoms with Gasteiger partial charge in [-0.05, 0) is 25.0 Å². The molecule has 0 bridgehead atoms. The third kappa shape index (κ3) is 4.00.